The third kappa shape index (κ3) is 3.53. The molecule has 112 valence electrons. The average molecular weight is 297 g/mol. The highest BCUT2D eigenvalue weighted by Gasteiger charge is 2.26. The normalized spacial score (nSPS) is 18.1. The Balaban J connectivity index is 2.18. The van der Waals surface area contributed by atoms with Crippen molar-refractivity contribution >= 4 is 17.7 Å². The number of hydrogen-bond donors (Lipinski definition) is 1. The summed E-state index contributed by atoms with van der Waals surface area (Å²) >= 11 is 1.27. The Labute approximate surface area is 124 Å². The van der Waals surface area contributed by atoms with E-state index in [2.05, 4.69) is 28.6 Å². The molecular formula is C14H23N3O2S. The van der Waals surface area contributed by atoms with Crippen molar-refractivity contribution in [1.29, 1.82) is 0 Å². The van der Waals surface area contributed by atoms with Crippen LogP contribution in [0.15, 0.2) is 5.16 Å². The number of carboxylic acids is 1. The lowest BCUT2D eigenvalue weighted by molar-refractivity contribution is -0.133. The van der Waals surface area contributed by atoms with Gasteiger partial charge < -0.3 is 9.67 Å². The van der Waals surface area contributed by atoms with Crippen LogP contribution < -0.4 is 0 Å². The molecule has 1 aliphatic carbocycles. The Bertz CT molecular complexity index is 455. The minimum absolute atomic E-state index is 0.0409. The molecule has 0 bridgehead atoms. The summed E-state index contributed by atoms with van der Waals surface area (Å²) in [6.07, 6.45) is 7.29. The number of carboxylic acid groups (broad SMARTS) is 1. The molecule has 1 aliphatic rings. The van der Waals surface area contributed by atoms with E-state index in [0.29, 0.717) is 12.0 Å². The third-order valence-electron chi connectivity index (χ3n) is 4.12. The molecule has 1 saturated carbocycles. The van der Waals surface area contributed by atoms with Crippen LogP contribution in [0.2, 0.25) is 0 Å². The Hall–Kier alpha value is -1.04. The molecule has 1 unspecified atom stereocenters. The van der Waals surface area contributed by atoms with E-state index in [-0.39, 0.29) is 5.75 Å². The minimum Gasteiger partial charge on any atom is -0.481 e. The highest BCUT2D eigenvalue weighted by molar-refractivity contribution is 7.99. The summed E-state index contributed by atoms with van der Waals surface area (Å²) in [7, 11) is 0. The molecule has 1 aromatic heterocycles. The highest BCUT2D eigenvalue weighted by Crippen LogP contribution is 2.35. The fraction of sp³-hybridized carbons (Fsp3) is 0.786. The van der Waals surface area contributed by atoms with Crippen molar-refractivity contribution in [3.05, 3.63) is 5.82 Å². The van der Waals surface area contributed by atoms with Crippen LogP contribution in [0.5, 0.6) is 0 Å². The topological polar surface area (TPSA) is 68.0 Å². The van der Waals surface area contributed by atoms with Gasteiger partial charge in [-0.3, -0.25) is 4.79 Å². The number of carbonyl (C=O) groups is 1. The first-order valence-corrected chi connectivity index (χ1v) is 8.40. The predicted molar refractivity (Wildman–Crippen MR) is 79.0 cm³/mol. The summed E-state index contributed by atoms with van der Waals surface area (Å²) in [6, 6.07) is 0.358. The second-order valence-corrected chi connectivity index (χ2v) is 6.39. The molecule has 0 aliphatic heterocycles. The molecular weight excluding hydrogens is 274 g/mol. The van der Waals surface area contributed by atoms with Gasteiger partial charge in [-0.15, -0.1) is 10.2 Å². The number of rotatable bonds is 6. The van der Waals surface area contributed by atoms with Gasteiger partial charge in [-0.1, -0.05) is 37.9 Å². The molecule has 0 spiro atoms. The first-order valence-electron chi connectivity index (χ1n) is 7.41. The average Bonchev–Trinajstić information content (AvgIpc) is 2.88. The van der Waals surface area contributed by atoms with Crippen molar-refractivity contribution in [1.82, 2.24) is 14.8 Å². The number of hydrogen-bond acceptors (Lipinski definition) is 4. The second kappa shape index (κ2) is 7.11. The zero-order valence-electron chi connectivity index (χ0n) is 12.2. The van der Waals surface area contributed by atoms with Gasteiger partial charge in [-0.05, 0) is 25.7 Å². The van der Waals surface area contributed by atoms with Gasteiger partial charge in [-0.2, -0.15) is 0 Å². The van der Waals surface area contributed by atoms with Crippen LogP contribution in [0.3, 0.4) is 0 Å². The summed E-state index contributed by atoms with van der Waals surface area (Å²) in [5.74, 6) is 0.859. The fourth-order valence-electron chi connectivity index (χ4n) is 3.01. The zero-order valence-corrected chi connectivity index (χ0v) is 13.0. The summed E-state index contributed by atoms with van der Waals surface area (Å²) in [6.45, 7) is 4.29. The summed E-state index contributed by atoms with van der Waals surface area (Å²) in [5.41, 5.74) is 0. The molecule has 0 amide bonds. The van der Waals surface area contributed by atoms with E-state index in [9.17, 15) is 4.79 Å². The van der Waals surface area contributed by atoms with Gasteiger partial charge in [0.1, 0.15) is 5.82 Å². The van der Waals surface area contributed by atoms with Gasteiger partial charge in [0, 0.05) is 12.5 Å². The predicted octanol–water partition coefficient (Wildman–Crippen LogP) is 3.16. The minimum atomic E-state index is -0.812. The van der Waals surface area contributed by atoms with E-state index in [1.807, 2.05) is 0 Å². The molecule has 0 radical (unpaired) electrons. The van der Waals surface area contributed by atoms with E-state index in [0.717, 1.165) is 17.4 Å². The first kappa shape index (κ1) is 15.4. The SMILES string of the molecule is CCc1nnc(SCC(=O)O)n1C(C)C1CCCCC1. The molecule has 0 saturated heterocycles. The lowest BCUT2D eigenvalue weighted by Gasteiger charge is -2.30. The lowest BCUT2D eigenvalue weighted by atomic mass is 9.84. The van der Waals surface area contributed by atoms with Crippen LogP contribution in [-0.4, -0.2) is 31.6 Å². The number of nitrogens with zero attached hydrogens (tertiary/aromatic N) is 3. The second-order valence-electron chi connectivity index (χ2n) is 5.44. The van der Waals surface area contributed by atoms with E-state index >= 15 is 0 Å². The third-order valence-corrected chi connectivity index (χ3v) is 5.04. The molecule has 20 heavy (non-hydrogen) atoms. The van der Waals surface area contributed by atoms with Crippen molar-refractivity contribution < 1.29 is 9.90 Å². The van der Waals surface area contributed by atoms with Crippen molar-refractivity contribution in [2.45, 2.75) is 63.6 Å². The molecule has 1 N–H and O–H groups in total. The standard InChI is InChI=1S/C14H23N3O2S/c1-3-12-15-16-14(20-9-13(18)19)17(12)10(2)11-7-5-4-6-8-11/h10-11H,3-9H2,1-2H3,(H,18,19). The molecule has 2 rings (SSSR count). The maximum absolute atomic E-state index is 10.8. The Morgan fingerprint density at radius 1 is 1.40 bits per heavy atom. The molecule has 0 aromatic carbocycles. The molecule has 1 fully saturated rings. The summed E-state index contributed by atoms with van der Waals surface area (Å²) < 4.78 is 2.17. The van der Waals surface area contributed by atoms with Crippen LogP contribution in [0.25, 0.3) is 0 Å². The van der Waals surface area contributed by atoms with Crippen LogP contribution in [0.1, 0.15) is 57.8 Å². The number of thioether (sulfide) groups is 1. The monoisotopic (exact) mass is 297 g/mol. The molecule has 1 aromatic rings. The number of aryl methyl sites for hydroxylation is 1. The van der Waals surface area contributed by atoms with Gasteiger partial charge in [0.2, 0.25) is 0 Å². The maximum atomic E-state index is 10.8. The maximum Gasteiger partial charge on any atom is 0.313 e. The van der Waals surface area contributed by atoms with Crippen LogP contribution in [0.4, 0.5) is 0 Å². The van der Waals surface area contributed by atoms with Gasteiger partial charge >= 0.3 is 5.97 Å². The zero-order chi connectivity index (χ0) is 14.5. The smallest absolute Gasteiger partial charge is 0.313 e. The lowest BCUT2D eigenvalue weighted by Crippen LogP contribution is -2.21. The van der Waals surface area contributed by atoms with E-state index < -0.39 is 5.97 Å². The van der Waals surface area contributed by atoms with Gasteiger partial charge in [0.15, 0.2) is 5.16 Å². The van der Waals surface area contributed by atoms with E-state index in [1.54, 1.807) is 0 Å². The van der Waals surface area contributed by atoms with Crippen molar-refractivity contribution in [3.63, 3.8) is 0 Å². The Kier molecular flexibility index (Phi) is 5.46. The summed E-state index contributed by atoms with van der Waals surface area (Å²) in [4.78, 5) is 10.8. The van der Waals surface area contributed by atoms with Gasteiger partial charge in [0.05, 0.1) is 5.75 Å². The van der Waals surface area contributed by atoms with Gasteiger partial charge in [-0.25, -0.2) is 0 Å². The van der Waals surface area contributed by atoms with Crippen LogP contribution in [-0.2, 0) is 11.2 Å². The van der Waals surface area contributed by atoms with Crippen molar-refractivity contribution in [2.75, 3.05) is 5.75 Å². The largest absolute Gasteiger partial charge is 0.481 e. The van der Waals surface area contributed by atoms with Crippen LogP contribution in [0, 0.1) is 5.92 Å². The van der Waals surface area contributed by atoms with Crippen molar-refractivity contribution in [3.8, 4) is 0 Å². The first-order chi connectivity index (χ1) is 9.63. The van der Waals surface area contributed by atoms with E-state index in [1.165, 1.54) is 43.9 Å². The molecule has 1 atom stereocenters. The number of aliphatic carboxylic acids is 1. The molecule has 1 heterocycles. The van der Waals surface area contributed by atoms with Crippen molar-refractivity contribution in [2.24, 2.45) is 5.92 Å². The summed E-state index contributed by atoms with van der Waals surface area (Å²) in [5, 5.41) is 18.0. The van der Waals surface area contributed by atoms with E-state index in [4.69, 9.17) is 5.11 Å². The highest BCUT2D eigenvalue weighted by atomic mass is 32.2. The fourth-order valence-corrected chi connectivity index (χ4v) is 3.77. The Morgan fingerprint density at radius 2 is 2.10 bits per heavy atom. The quantitative estimate of drug-likeness (QED) is 0.817. The van der Waals surface area contributed by atoms with Gasteiger partial charge in [0.25, 0.3) is 0 Å². The number of aromatic nitrogens is 3. The molecule has 5 nitrogen and oxygen atoms in total. The van der Waals surface area contributed by atoms with Crippen LogP contribution >= 0.6 is 11.8 Å². The molecule has 6 heteroatoms. The Morgan fingerprint density at radius 3 is 2.70 bits per heavy atom.